The first-order chi connectivity index (χ1) is 8.66. The predicted octanol–water partition coefficient (Wildman–Crippen LogP) is 0.984. The second-order valence-electron chi connectivity index (χ2n) is 4.50. The first-order valence-electron chi connectivity index (χ1n) is 6.21. The molecule has 0 bridgehead atoms. The van der Waals surface area contributed by atoms with Crippen LogP contribution in [0.4, 0.5) is 0 Å². The summed E-state index contributed by atoms with van der Waals surface area (Å²) in [5, 5.41) is 12.6. The van der Waals surface area contributed by atoms with Crippen LogP contribution in [0.3, 0.4) is 0 Å². The van der Waals surface area contributed by atoms with Gasteiger partial charge < -0.3 is 10.0 Å². The molecule has 1 amide bonds. The van der Waals surface area contributed by atoms with Crippen LogP contribution in [-0.2, 0) is 11.3 Å². The summed E-state index contributed by atoms with van der Waals surface area (Å²) in [5.74, 6) is -1.06. The average Bonchev–Trinajstić information content (AvgIpc) is 2.63. The fourth-order valence-electron chi connectivity index (χ4n) is 2.14. The first-order valence-corrected chi connectivity index (χ1v) is 6.21. The molecular formula is C12H17N3O3. The van der Waals surface area contributed by atoms with E-state index in [-0.39, 0.29) is 12.5 Å². The summed E-state index contributed by atoms with van der Waals surface area (Å²) in [6.07, 6.45) is 5.91. The number of rotatable bonds is 3. The molecular weight excluding hydrogens is 234 g/mol. The van der Waals surface area contributed by atoms with Gasteiger partial charge in [-0.15, -0.1) is 0 Å². The minimum atomic E-state index is -0.966. The number of hydrogen-bond acceptors (Lipinski definition) is 3. The third kappa shape index (κ3) is 3.09. The monoisotopic (exact) mass is 251 g/mol. The Morgan fingerprint density at radius 3 is 2.50 bits per heavy atom. The molecule has 98 valence electrons. The van der Waals surface area contributed by atoms with Gasteiger partial charge in [-0.1, -0.05) is 12.8 Å². The van der Waals surface area contributed by atoms with E-state index in [0.717, 1.165) is 38.8 Å². The van der Waals surface area contributed by atoms with E-state index in [2.05, 4.69) is 5.10 Å². The molecule has 1 N–H and O–H groups in total. The molecule has 2 heterocycles. The number of carboxylic acid groups (broad SMARTS) is 1. The molecule has 0 radical (unpaired) electrons. The number of carbonyl (C=O) groups excluding carboxylic acids is 1. The van der Waals surface area contributed by atoms with Crippen LogP contribution in [-0.4, -0.2) is 44.8 Å². The highest BCUT2D eigenvalue weighted by Crippen LogP contribution is 2.12. The molecule has 1 fully saturated rings. The molecule has 0 aliphatic carbocycles. The lowest BCUT2D eigenvalue weighted by Crippen LogP contribution is -2.32. The predicted molar refractivity (Wildman–Crippen MR) is 64.2 cm³/mol. The van der Waals surface area contributed by atoms with Crippen LogP contribution in [0.25, 0.3) is 0 Å². The quantitative estimate of drug-likeness (QED) is 0.869. The fraction of sp³-hybridized carbons (Fsp3) is 0.583. The number of likely N-dealkylation sites (tertiary alicyclic amines) is 1. The Labute approximate surface area is 105 Å². The van der Waals surface area contributed by atoms with E-state index in [9.17, 15) is 9.59 Å². The summed E-state index contributed by atoms with van der Waals surface area (Å²) in [6, 6.07) is 1.58. The van der Waals surface area contributed by atoms with Crippen molar-refractivity contribution >= 4 is 11.9 Å². The maximum atomic E-state index is 12.2. The van der Waals surface area contributed by atoms with Gasteiger partial charge in [-0.25, -0.2) is 0 Å². The lowest BCUT2D eigenvalue weighted by molar-refractivity contribution is -0.137. The summed E-state index contributed by atoms with van der Waals surface area (Å²) in [6.45, 7) is 1.32. The van der Waals surface area contributed by atoms with Gasteiger partial charge in [-0.05, 0) is 18.9 Å². The van der Waals surface area contributed by atoms with Crippen molar-refractivity contribution in [1.29, 1.82) is 0 Å². The first kappa shape index (κ1) is 12.6. The van der Waals surface area contributed by atoms with Crippen molar-refractivity contribution in [2.45, 2.75) is 32.2 Å². The maximum absolute atomic E-state index is 12.2. The molecule has 1 aromatic rings. The summed E-state index contributed by atoms with van der Waals surface area (Å²) in [7, 11) is 0. The molecule has 1 aliphatic heterocycles. The van der Waals surface area contributed by atoms with E-state index in [0.29, 0.717) is 5.69 Å². The highest BCUT2D eigenvalue weighted by atomic mass is 16.4. The van der Waals surface area contributed by atoms with Crippen LogP contribution in [0.15, 0.2) is 12.3 Å². The van der Waals surface area contributed by atoms with Gasteiger partial charge in [0.2, 0.25) is 0 Å². The molecule has 6 heteroatoms. The number of nitrogens with zero attached hydrogens (tertiary/aromatic N) is 3. The zero-order valence-electron chi connectivity index (χ0n) is 10.2. The van der Waals surface area contributed by atoms with E-state index in [1.807, 2.05) is 0 Å². The van der Waals surface area contributed by atoms with Crippen LogP contribution in [0.5, 0.6) is 0 Å². The molecule has 18 heavy (non-hydrogen) atoms. The maximum Gasteiger partial charge on any atom is 0.325 e. The highest BCUT2D eigenvalue weighted by Gasteiger charge is 2.19. The van der Waals surface area contributed by atoms with Crippen molar-refractivity contribution in [3.05, 3.63) is 18.0 Å². The topological polar surface area (TPSA) is 75.4 Å². The van der Waals surface area contributed by atoms with E-state index in [1.54, 1.807) is 11.0 Å². The Hall–Kier alpha value is -1.85. The van der Waals surface area contributed by atoms with E-state index >= 15 is 0 Å². The Balaban J connectivity index is 2.03. The molecule has 0 saturated carbocycles. The van der Waals surface area contributed by atoms with Gasteiger partial charge in [0.05, 0.1) is 0 Å². The third-order valence-electron chi connectivity index (χ3n) is 3.05. The van der Waals surface area contributed by atoms with Gasteiger partial charge in [-0.2, -0.15) is 5.10 Å². The van der Waals surface area contributed by atoms with Gasteiger partial charge in [0, 0.05) is 19.3 Å². The van der Waals surface area contributed by atoms with Gasteiger partial charge in [0.15, 0.2) is 0 Å². The number of aliphatic carboxylic acids is 1. The fourth-order valence-corrected chi connectivity index (χ4v) is 2.14. The summed E-state index contributed by atoms with van der Waals surface area (Å²) < 4.78 is 1.27. The summed E-state index contributed by atoms with van der Waals surface area (Å²) >= 11 is 0. The summed E-state index contributed by atoms with van der Waals surface area (Å²) in [4.78, 5) is 24.5. The zero-order valence-corrected chi connectivity index (χ0v) is 10.2. The number of amides is 1. The molecule has 0 aromatic carbocycles. The molecule has 1 saturated heterocycles. The molecule has 2 rings (SSSR count). The van der Waals surface area contributed by atoms with E-state index in [1.165, 1.54) is 10.9 Å². The lowest BCUT2D eigenvalue weighted by Gasteiger charge is -2.18. The van der Waals surface area contributed by atoms with Gasteiger partial charge >= 0.3 is 5.97 Å². The normalized spacial score (nSPS) is 16.3. The Bertz CT molecular complexity index is 434. The molecule has 1 aromatic heterocycles. The van der Waals surface area contributed by atoms with Crippen LogP contribution in [0, 0.1) is 0 Å². The van der Waals surface area contributed by atoms with Crippen molar-refractivity contribution in [3.8, 4) is 0 Å². The van der Waals surface area contributed by atoms with Crippen LogP contribution >= 0.6 is 0 Å². The van der Waals surface area contributed by atoms with Crippen molar-refractivity contribution in [2.75, 3.05) is 13.1 Å². The molecule has 0 spiro atoms. The molecule has 0 atom stereocenters. The second kappa shape index (κ2) is 5.66. The number of carboxylic acids is 1. The largest absolute Gasteiger partial charge is 0.480 e. The van der Waals surface area contributed by atoms with Crippen LogP contribution < -0.4 is 0 Å². The van der Waals surface area contributed by atoms with Crippen molar-refractivity contribution in [3.63, 3.8) is 0 Å². The third-order valence-corrected chi connectivity index (χ3v) is 3.05. The van der Waals surface area contributed by atoms with Crippen molar-refractivity contribution < 1.29 is 14.7 Å². The van der Waals surface area contributed by atoms with Gasteiger partial charge in [0.25, 0.3) is 5.91 Å². The van der Waals surface area contributed by atoms with Gasteiger partial charge in [0.1, 0.15) is 12.2 Å². The molecule has 0 unspecified atom stereocenters. The minimum Gasteiger partial charge on any atom is -0.480 e. The molecule has 1 aliphatic rings. The van der Waals surface area contributed by atoms with Crippen LogP contribution in [0.2, 0.25) is 0 Å². The van der Waals surface area contributed by atoms with Gasteiger partial charge in [-0.3, -0.25) is 14.3 Å². The lowest BCUT2D eigenvalue weighted by atomic mass is 10.2. The van der Waals surface area contributed by atoms with E-state index < -0.39 is 5.97 Å². The van der Waals surface area contributed by atoms with Crippen LogP contribution in [0.1, 0.15) is 36.2 Å². The highest BCUT2D eigenvalue weighted by molar-refractivity contribution is 5.92. The minimum absolute atomic E-state index is 0.0963. The van der Waals surface area contributed by atoms with E-state index in [4.69, 9.17) is 5.11 Å². The Morgan fingerprint density at radius 1 is 1.22 bits per heavy atom. The Morgan fingerprint density at radius 2 is 1.89 bits per heavy atom. The number of aromatic nitrogens is 2. The number of hydrogen-bond donors (Lipinski definition) is 1. The zero-order chi connectivity index (χ0) is 13.0. The standard InChI is InChI=1S/C12H17N3O3/c16-11(17)9-15-8-5-10(13-15)12(18)14-6-3-1-2-4-7-14/h5,8H,1-4,6-7,9H2,(H,16,17). The molecule has 6 nitrogen and oxygen atoms in total. The second-order valence-corrected chi connectivity index (χ2v) is 4.50. The summed E-state index contributed by atoms with van der Waals surface area (Å²) in [5.41, 5.74) is 0.332. The van der Waals surface area contributed by atoms with Crippen molar-refractivity contribution in [1.82, 2.24) is 14.7 Å². The SMILES string of the molecule is O=C(O)Cn1ccc(C(=O)N2CCCCCC2)n1. The average molecular weight is 251 g/mol. The number of carbonyl (C=O) groups is 2. The van der Waals surface area contributed by atoms with Crippen molar-refractivity contribution in [2.24, 2.45) is 0 Å². The smallest absolute Gasteiger partial charge is 0.325 e. The Kier molecular flexibility index (Phi) is 3.96.